The molecular formula is C22H23ClF3N3O. The predicted molar refractivity (Wildman–Crippen MR) is 111 cm³/mol. The highest BCUT2D eigenvalue weighted by atomic mass is 35.5. The fraction of sp³-hybridized carbons (Fsp3) is 0.364. The average molecular weight is 438 g/mol. The molecule has 0 bridgehead atoms. The number of fused-ring (bicyclic) bond motifs is 1. The van der Waals surface area contributed by atoms with Crippen LogP contribution >= 0.6 is 11.6 Å². The summed E-state index contributed by atoms with van der Waals surface area (Å²) in [6, 6.07) is 6.73. The normalized spacial score (nSPS) is 11.5. The van der Waals surface area contributed by atoms with E-state index in [2.05, 4.69) is 4.98 Å². The molecule has 3 rings (SSSR count). The van der Waals surface area contributed by atoms with Crippen LogP contribution < -0.4 is 0 Å². The first-order valence-corrected chi connectivity index (χ1v) is 10.2. The minimum Gasteiger partial charge on any atom is -0.331 e. The lowest BCUT2D eigenvalue weighted by Crippen LogP contribution is -2.36. The summed E-state index contributed by atoms with van der Waals surface area (Å²) >= 11 is 6.13. The first-order chi connectivity index (χ1) is 14.2. The van der Waals surface area contributed by atoms with Gasteiger partial charge in [-0.25, -0.2) is 18.2 Å². The monoisotopic (exact) mass is 437 g/mol. The molecule has 0 atom stereocenters. The molecule has 30 heavy (non-hydrogen) atoms. The van der Waals surface area contributed by atoms with Crippen molar-refractivity contribution in [2.75, 3.05) is 6.54 Å². The van der Waals surface area contributed by atoms with Crippen molar-refractivity contribution in [1.29, 1.82) is 0 Å². The first kappa shape index (κ1) is 22.2. The van der Waals surface area contributed by atoms with Crippen LogP contribution in [-0.4, -0.2) is 26.9 Å². The Labute approximate surface area is 178 Å². The van der Waals surface area contributed by atoms with Crippen molar-refractivity contribution in [3.8, 4) is 0 Å². The third kappa shape index (κ3) is 4.46. The molecule has 1 amide bonds. The minimum absolute atomic E-state index is 0.0204. The topological polar surface area (TPSA) is 38.1 Å². The Morgan fingerprint density at radius 3 is 2.53 bits per heavy atom. The summed E-state index contributed by atoms with van der Waals surface area (Å²) in [4.78, 5) is 19.0. The molecule has 8 heteroatoms. The summed E-state index contributed by atoms with van der Waals surface area (Å²) in [6.45, 7) is 6.66. The molecule has 0 unspecified atom stereocenters. The molecule has 0 spiro atoms. The highest BCUT2D eigenvalue weighted by molar-refractivity contribution is 6.31. The van der Waals surface area contributed by atoms with Crippen molar-refractivity contribution in [1.82, 2.24) is 14.5 Å². The number of aromatic nitrogens is 2. The summed E-state index contributed by atoms with van der Waals surface area (Å²) in [6.07, 6.45) is 0.816. The van der Waals surface area contributed by atoms with Gasteiger partial charge in [0.05, 0.1) is 17.6 Å². The first-order valence-electron chi connectivity index (χ1n) is 9.80. The van der Waals surface area contributed by atoms with Crippen molar-refractivity contribution in [3.05, 3.63) is 64.2 Å². The van der Waals surface area contributed by atoms with Gasteiger partial charge in [-0.2, -0.15) is 0 Å². The van der Waals surface area contributed by atoms with Crippen LogP contribution in [0.4, 0.5) is 13.2 Å². The fourth-order valence-corrected chi connectivity index (χ4v) is 3.62. The van der Waals surface area contributed by atoms with Crippen molar-refractivity contribution in [3.63, 3.8) is 0 Å². The van der Waals surface area contributed by atoms with Gasteiger partial charge in [0, 0.05) is 18.1 Å². The zero-order valence-corrected chi connectivity index (χ0v) is 17.8. The van der Waals surface area contributed by atoms with Gasteiger partial charge in [-0.05, 0) is 42.7 Å². The lowest BCUT2D eigenvalue weighted by atomic mass is 10.1. The number of benzene rings is 2. The molecule has 1 heterocycles. The van der Waals surface area contributed by atoms with Crippen molar-refractivity contribution >= 4 is 28.5 Å². The number of aryl methyl sites for hydroxylation is 1. The second-order valence-electron chi connectivity index (χ2n) is 7.61. The summed E-state index contributed by atoms with van der Waals surface area (Å²) < 4.78 is 44.1. The van der Waals surface area contributed by atoms with Gasteiger partial charge in [0.25, 0.3) is 5.91 Å². The van der Waals surface area contributed by atoms with Crippen molar-refractivity contribution in [2.45, 2.75) is 40.3 Å². The van der Waals surface area contributed by atoms with Gasteiger partial charge in [0.15, 0.2) is 11.6 Å². The Morgan fingerprint density at radius 2 is 1.87 bits per heavy atom. The maximum Gasteiger partial charge on any atom is 0.260 e. The largest absolute Gasteiger partial charge is 0.331 e. The number of amides is 1. The van der Waals surface area contributed by atoms with E-state index in [1.54, 1.807) is 18.2 Å². The number of carbonyl (C=O) groups is 1. The predicted octanol–water partition coefficient (Wildman–Crippen LogP) is 5.82. The van der Waals surface area contributed by atoms with Gasteiger partial charge >= 0.3 is 0 Å². The molecule has 0 aliphatic rings. The van der Waals surface area contributed by atoms with E-state index >= 15 is 0 Å². The van der Waals surface area contributed by atoms with Crippen LogP contribution in [0.5, 0.6) is 0 Å². The Morgan fingerprint density at radius 1 is 1.17 bits per heavy atom. The van der Waals surface area contributed by atoms with E-state index in [1.165, 1.54) is 4.90 Å². The van der Waals surface area contributed by atoms with Crippen molar-refractivity contribution < 1.29 is 18.0 Å². The second-order valence-corrected chi connectivity index (χ2v) is 8.05. The molecular weight excluding hydrogens is 415 g/mol. The smallest absolute Gasteiger partial charge is 0.260 e. The van der Waals surface area contributed by atoms with E-state index in [0.717, 1.165) is 18.0 Å². The number of nitrogens with zero attached hydrogens (tertiary/aromatic N) is 3. The minimum atomic E-state index is -1.48. The van der Waals surface area contributed by atoms with Gasteiger partial charge < -0.3 is 9.47 Å². The third-order valence-electron chi connectivity index (χ3n) is 4.70. The maximum atomic E-state index is 14.3. The van der Waals surface area contributed by atoms with Crippen LogP contribution in [-0.2, 0) is 13.1 Å². The highest BCUT2D eigenvalue weighted by Crippen LogP contribution is 2.24. The zero-order valence-electron chi connectivity index (χ0n) is 17.1. The quantitative estimate of drug-likeness (QED) is 0.437. The molecule has 3 aromatic rings. The molecule has 0 saturated heterocycles. The van der Waals surface area contributed by atoms with Crippen LogP contribution in [0.3, 0.4) is 0 Å². The molecule has 0 N–H and O–H groups in total. The van der Waals surface area contributed by atoms with Gasteiger partial charge in [0.2, 0.25) is 0 Å². The number of hydrogen-bond acceptors (Lipinski definition) is 2. The van der Waals surface area contributed by atoms with Gasteiger partial charge in [0.1, 0.15) is 17.2 Å². The zero-order chi connectivity index (χ0) is 22.0. The summed E-state index contributed by atoms with van der Waals surface area (Å²) in [5.41, 5.74) is 0.638. The summed E-state index contributed by atoms with van der Waals surface area (Å²) in [5, 5.41) is 0.560. The van der Waals surface area contributed by atoms with Gasteiger partial charge in [-0.15, -0.1) is 0 Å². The van der Waals surface area contributed by atoms with Crippen LogP contribution in [0.2, 0.25) is 5.02 Å². The number of imidazole rings is 1. The van der Waals surface area contributed by atoms with Crippen molar-refractivity contribution in [2.24, 2.45) is 5.92 Å². The number of hydrogen-bond donors (Lipinski definition) is 0. The summed E-state index contributed by atoms with van der Waals surface area (Å²) in [7, 11) is 0. The molecule has 0 aliphatic carbocycles. The molecule has 2 aromatic carbocycles. The SMILES string of the molecule is CCCn1c(CN(CC(C)C)C(=O)c2c(F)ccc(F)c2F)nc2ccc(Cl)cc21. The van der Waals surface area contributed by atoms with E-state index in [1.807, 2.05) is 25.3 Å². The fourth-order valence-electron chi connectivity index (χ4n) is 3.45. The van der Waals surface area contributed by atoms with Crippen LogP contribution in [0.1, 0.15) is 43.4 Å². The number of rotatable bonds is 7. The molecule has 0 fully saturated rings. The highest BCUT2D eigenvalue weighted by Gasteiger charge is 2.27. The van der Waals surface area contributed by atoms with Crippen LogP contribution in [0.15, 0.2) is 30.3 Å². The molecule has 0 radical (unpaired) electrons. The molecule has 1 aromatic heterocycles. The second kappa shape index (κ2) is 9.08. The number of carbonyl (C=O) groups excluding carboxylic acids is 1. The van der Waals surface area contributed by atoms with Gasteiger partial charge in [-0.1, -0.05) is 32.4 Å². The average Bonchev–Trinajstić information content (AvgIpc) is 3.01. The van der Waals surface area contributed by atoms with E-state index in [-0.39, 0.29) is 19.0 Å². The Balaban J connectivity index is 2.05. The van der Waals surface area contributed by atoms with E-state index in [4.69, 9.17) is 11.6 Å². The molecule has 0 saturated carbocycles. The lowest BCUT2D eigenvalue weighted by molar-refractivity contribution is 0.0705. The standard InChI is InChI=1S/C22H23ClF3N3O/c1-4-9-29-18-10-14(23)5-8-17(18)27-19(29)12-28(11-13(2)3)22(30)20-15(24)6-7-16(25)21(20)26/h5-8,10,13H,4,9,11-12H2,1-3H3. The van der Waals surface area contributed by atoms with Crippen LogP contribution in [0, 0.1) is 23.4 Å². The van der Waals surface area contributed by atoms with E-state index in [9.17, 15) is 18.0 Å². The third-order valence-corrected chi connectivity index (χ3v) is 4.93. The Bertz CT molecular complexity index is 1080. The molecule has 0 aliphatic heterocycles. The lowest BCUT2D eigenvalue weighted by Gasteiger charge is -2.25. The van der Waals surface area contributed by atoms with Gasteiger partial charge in [-0.3, -0.25) is 4.79 Å². The molecule has 4 nitrogen and oxygen atoms in total. The summed E-state index contributed by atoms with van der Waals surface area (Å²) in [5.74, 6) is -4.17. The van der Waals surface area contributed by atoms with Crippen LogP contribution in [0.25, 0.3) is 11.0 Å². The van der Waals surface area contributed by atoms with E-state index < -0.39 is 28.9 Å². The number of halogens is 4. The maximum absolute atomic E-state index is 14.3. The Kier molecular flexibility index (Phi) is 6.71. The van der Waals surface area contributed by atoms with E-state index in [0.29, 0.717) is 29.0 Å². The molecule has 160 valence electrons. The Hall–Kier alpha value is -2.54.